The maximum atomic E-state index is 6.21. The van der Waals surface area contributed by atoms with Crippen LogP contribution in [0.2, 0.25) is 0 Å². The second kappa shape index (κ2) is 11.5. The molecule has 4 rings (SSSR count). The molecular weight excluding hydrogens is 491 g/mol. The number of benzene rings is 1. The van der Waals surface area contributed by atoms with Crippen molar-refractivity contribution in [2.45, 2.75) is 57.7 Å². The summed E-state index contributed by atoms with van der Waals surface area (Å²) in [5.41, 5.74) is 2.36. The van der Waals surface area contributed by atoms with E-state index >= 15 is 0 Å². The summed E-state index contributed by atoms with van der Waals surface area (Å²) in [5, 5.41) is 6.94. The maximum absolute atomic E-state index is 6.21. The standard InChI is InChI=1S/C23H36N4O2.HI/c1-17-3-6-19(22(13-17)29-21-9-12-28-16-21)14-26-23(24-2)25-10-11-27(20-7-8-20)15-18-4-5-18;/h3,6,13,18,20-21H,4-5,7-12,14-16H2,1-2H3,(H2,24,25,26);1H. The number of hydrogen-bond donors (Lipinski definition) is 2. The van der Waals surface area contributed by atoms with Gasteiger partial charge < -0.3 is 20.1 Å². The highest BCUT2D eigenvalue weighted by Crippen LogP contribution is 2.34. The number of guanidine groups is 1. The number of halogens is 1. The van der Waals surface area contributed by atoms with Crippen molar-refractivity contribution in [1.29, 1.82) is 0 Å². The van der Waals surface area contributed by atoms with Gasteiger partial charge in [-0.05, 0) is 50.2 Å². The molecule has 3 fully saturated rings. The van der Waals surface area contributed by atoms with E-state index in [-0.39, 0.29) is 30.1 Å². The first kappa shape index (κ1) is 23.6. The van der Waals surface area contributed by atoms with Crippen molar-refractivity contribution in [3.8, 4) is 5.75 Å². The van der Waals surface area contributed by atoms with Gasteiger partial charge in [-0.3, -0.25) is 9.89 Å². The number of aryl methyl sites for hydroxylation is 1. The highest BCUT2D eigenvalue weighted by Gasteiger charge is 2.33. The van der Waals surface area contributed by atoms with Gasteiger partial charge in [-0.15, -0.1) is 24.0 Å². The highest BCUT2D eigenvalue weighted by atomic mass is 127. The topological polar surface area (TPSA) is 58.1 Å². The minimum absolute atomic E-state index is 0. The average molecular weight is 528 g/mol. The SMILES string of the molecule is CN=C(NCCN(CC1CC1)C1CC1)NCc1ccc(C)cc1OC1CCOC1.I. The van der Waals surface area contributed by atoms with E-state index in [1.165, 1.54) is 37.8 Å². The Morgan fingerprint density at radius 1 is 1.20 bits per heavy atom. The van der Waals surface area contributed by atoms with Crippen molar-refractivity contribution in [2.24, 2.45) is 10.9 Å². The Hall–Kier alpha value is -1.06. The molecule has 0 aromatic heterocycles. The Balaban J connectivity index is 0.00000256. The van der Waals surface area contributed by atoms with Gasteiger partial charge in [0.15, 0.2) is 5.96 Å². The third-order valence-corrected chi connectivity index (χ3v) is 6.02. The van der Waals surface area contributed by atoms with Crippen molar-refractivity contribution in [1.82, 2.24) is 15.5 Å². The van der Waals surface area contributed by atoms with Crippen LogP contribution in [0.5, 0.6) is 5.75 Å². The van der Waals surface area contributed by atoms with Gasteiger partial charge in [-0.2, -0.15) is 0 Å². The molecule has 168 valence electrons. The normalized spacial score (nSPS) is 21.4. The van der Waals surface area contributed by atoms with Gasteiger partial charge in [0.1, 0.15) is 11.9 Å². The molecular formula is C23H37IN4O2. The third-order valence-electron chi connectivity index (χ3n) is 6.02. The van der Waals surface area contributed by atoms with Gasteiger partial charge >= 0.3 is 0 Å². The molecule has 0 amide bonds. The molecule has 1 aromatic rings. The lowest BCUT2D eigenvalue weighted by Crippen LogP contribution is -2.42. The van der Waals surface area contributed by atoms with Crippen LogP contribution in [0.3, 0.4) is 0 Å². The minimum atomic E-state index is 0. The van der Waals surface area contributed by atoms with Gasteiger partial charge in [0.25, 0.3) is 0 Å². The monoisotopic (exact) mass is 528 g/mol. The first-order chi connectivity index (χ1) is 14.2. The lowest BCUT2D eigenvalue weighted by molar-refractivity contribution is 0.140. The molecule has 3 aliphatic rings. The number of nitrogens with one attached hydrogen (secondary N) is 2. The molecule has 2 saturated carbocycles. The molecule has 30 heavy (non-hydrogen) atoms. The summed E-state index contributed by atoms with van der Waals surface area (Å²) in [6, 6.07) is 7.23. The molecule has 1 aliphatic heterocycles. The van der Waals surface area contributed by atoms with E-state index in [4.69, 9.17) is 9.47 Å². The number of nitrogens with zero attached hydrogens (tertiary/aromatic N) is 2. The molecule has 0 bridgehead atoms. The predicted molar refractivity (Wildman–Crippen MR) is 132 cm³/mol. The summed E-state index contributed by atoms with van der Waals surface area (Å²) < 4.78 is 11.7. The van der Waals surface area contributed by atoms with Gasteiger partial charge in [0, 0.05) is 51.3 Å². The summed E-state index contributed by atoms with van der Waals surface area (Å²) >= 11 is 0. The molecule has 1 saturated heterocycles. The van der Waals surface area contributed by atoms with Crippen LogP contribution >= 0.6 is 24.0 Å². The molecule has 2 aliphatic carbocycles. The van der Waals surface area contributed by atoms with Gasteiger partial charge in [0.05, 0.1) is 13.2 Å². The Bertz CT molecular complexity index is 700. The summed E-state index contributed by atoms with van der Waals surface area (Å²) in [7, 11) is 1.83. The fourth-order valence-corrected chi connectivity index (χ4v) is 3.92. The summed E-state index contributed by atoms with van der Waals surface area (Å²) in [6.45, 7) is 7.58. The zero-order valence-corrected chi connectivity index (χ0v) is 20.7. The van der Waals surface area contributed by atoms with E-state index in [0.717, 1.165) is 55.3 Å². The first-order valence-corrected chi connectivity index (χ1v) is 11.2. The molecule has 2 N–H and O–H groups in total. The summed E-state index contributed by atoms with van der Waals surface area (Å²) in [6.07, 6.45) is 6.72. The summed E-state index contributed by atoms with van der Waals surface area (Å²) in [5.74, 6) is 2.76. The Morgan fingerprint density at radius 2 is 2.03 bits per heavy atom. The molecule has 1 unspecified atom stereocenters. The number of ether oxygens (including phenoxy) is 2. The van der Waals surface area contributed by atoms with Crippen molar-refractivity contribution < 1.29 is 9.47 Å². The molecule has 1 atom stereocenters. The quantitative estimate of drug-likeness (QED) is 0.277. The van der Waals surface area contributed by atoms with Crippen LogP contribution in [0.4, 0.5) is 0 Å². The third kappa shape index (κ3) is 7.27. The van der Waals surface area contributed by atoms with E-state index < -0.39 is 0 Å². The van der Waals surface area contributed by atoms with Crippen molar-refractivity contribution >= 4 is 29.9 Å². The van der Waals surface area contributed by atoms with Crippen LogP contribution in [0, 0.1) is 12.8 Å². The Morgan fingerprint density at radius 3 is 2.70 bits per heavy atom. The highest BCUT2D eigenvalue weighted by molar-refractivity contribution is 14.0. The summed E-state index contributed by atoms with van der Waals surface area (Å²) in [4.78, 5) is 7.07. The molecule has 0 radical (unpaired) electrons. The van der Waals surface area contributed by atoms with Crippen LogP contribution in [0.25, 0.3) is 0 Å². The van der Waals surface area contributed by atoms with E-state index in [1.54, 1.807) is 0 Å². The fraction of sp³-hybridized carbons (Fsp3) is 0.696. The zero-order chi connectivity index (χ0) is 20.1. The number of aliphatic imine (C=N–C) groups is 1. The predicted octanol–water partition coefficient (Wildman–Crippen LogP) is 3.32. The largest absolute Gasteiger partial charge is 0.488 e. The smallest absolute Gasteiger partial charge is 0.191 e. The van der Waals surface area contributed by atoms with Crippen LogP contribution in [0.1, 0.15) is 43.2 Å². The van der Waals surface area contributed by atoms with Crippen LogP contribution in [-0.2, 0) is 11.3 Å². The maximum Gasteiger partial charge on any atom is 0.191 e. The zero-order valence-electron chi connectivity index (χ0n) is 18.4. The molecule has 7 heteroatoms. The molecule has 1 aromatic carbocycles. The van der Waals surface area contributed by atoms with E-state index in [1.807, 2.05) is 7.05 Å². The minimum Gasteiger partial charge on any atom is -0.488 e. The molecule has 6 nitrogen and oxygen atoms in total. The lowest BCUT2D eigenvalue weighted by Gasteiger charge is -2.23. The van der Waals surface area contributed by atoms with Gasteiger partial charge in [-0.1, -0.05) is 12.1 Å². The Labute approximate surface area is 198 Å². The van der Waals surface area contributed by atoms with Crippen LogP contribution < -0.4 is 15.4 Å². The van der Waals surface area contributed by atoms with E-state index in [2.05, 4.69) is 45.6 Å². The van der Waals surface area contributed by atoms with Crippen molar-refractivity contribution in [2.75, 3.05) is 39.9 Å². The van der Waals surface area contributed by atoms with E-state index in [0.29, 0.717) is 13.2 Å². The molecule has 0 spiro atoms. The fourth-order valence-electron chi connectivity index (χ4n) is 3.92. The number of hydrogen-bond acceptors (Lipinski definition) is 4. The van der Waals surface area contributed by atoms with Crippen LogP contribution in [0.15, 0.2) is 23.2 Å². The van der Waals surface area contributed by atoms with Crippen molar-refractivity contribution in [3.63, 3.8) is 0 Å². The van der Waals surface area contributed by atoms with E-state index in [9.17, 15) is 0 Å². The second-order valence-electron chi connectivity index (χ2n) is 8.74. The lowest BCUT2D eigenvalue weighted by atomic mass is 10.1. The van der Waals surface area contributed by atoms with Crippen molar-refractivity contribution in [3.05, 3.63) is 29.3 Å². The Kier molecular flexibility index (Phi) is 9.07. The first-order valence-electron chi connectivity index (χ1n) is 11.2. The van der Waals surface area contributed by atoms with Gasteiger partial charge in [-0.25, -0.2) is 0 Å². The van der Waals surface area contributed by atoms with Gasteiger partial charge in [0.2, 0.25) is 0 Å². The number of rotatable bonds is 10. The second-order valence-corrected chi connectivity index (χ2v) is 8.74. The average Bonchev–Trinajstić information content (AvgIpc) is 3.65. The molecule has 1 heterocycles. The van der Waals surface area contributed by atoms with Crippen LogP contribution in [-0.4, -0.2) is 62.9 Å².